The zero-order valence-electron chi connectivity index (χ0n) is 19.7. The highest BCUT2D eigenvalue weighted by molar-refractivity contribution is 7.88. The van der Waals surface area contributed by atoms with Crippen molar-refractivity contribution in [2.45, 2.75) is 57.9 Å². The van der Waals surface area contributed by atoms with Gasteiger partial charge in [0.25, 0.3) is 0 Å². The Morgan fingerprint density at radius 3 is 2.63 bits per heavy atom. The van der Waals surface area contributed by atoms with E-state index in [-0.39, 0.29) is 24.3 Å². The predicted octanol–water partition coefficient (Wildman–Crippen LogP) is 4.00. The Kier molecular flexibility index (Phi) is 7.51. The van der Waals surface area contributed by atoms with Crippen molar-refractivity contribution in [3.05, 3.63) is 65.0 Å². The number of aryl methyl sites for hydroxylation is 2. The zero-order chi connectivity index (χ0) is 25.0. The van der Waals surface area contributed by atoms with Gasteiger partial charge in [-0.3, -0.25) is 4.79 Å². The van der Waals surface area contributed by atoms with E-state index < -0.39 is 16.0 Å². The highest BCUT2D eigenvalue weighted by Gasteiger charge is 2.28. The lowest BCUT2D eigenvalue weighted by atomic mass is 9.87. The molecule has 0 saturated heterocycles. The monoisotopic (exact) mass is 499 g/mol. The predicted molar refractivity (Wildman–Crippen MR) is 129 cm³/mol. The summed E-state index contributed by atoms with van der Waals surface area (Å²) < 4.78 is 39.4. The van der Waals surface area contributed by atoms with E-state index in [4.69, 9.17) is 9.26 Å². The molecule has 1 aliphatic rings. The number of aromatic nitrogens is 2. The molecule has 0 spiro atoms. The number of nitrogens with zero attached hydrogens (tertiary/aromatic N) is 2. The van der Waals surface area contributed by atoms with Crippen LogP contribution in [-0.2, 0) is 27.1 Å². The fraction of sp³-hybridized carbons (Fsp3) is 0.400. The summed E-state index contributed by atoms with van der Waals surface area (Å²) in [7, 11) is -3.57. The van der Waals surface area contributed by atoms with Crippen molar-refractivity contribution in [1.82, 2.24) is 14.9 Å². The van der Waals surface area contributed by atoms with Gasteiger partial charge in [0.1, 0.15) is 11.4 Å². The average molecular weight is 500 g/mol. The summed E-state index contributed by atoms with van der Waals surface area (Å²) in [4.78, 5) is 15.9. The Bertz CT molecular complexity index is 1290. The molecule has 186 valence electrons. The number of ether oxygens (including phenoxy) is 1. The zero-order valence-corrected chi connectivity index (χ0v) is 20.5. The summed E-state index contributed by atoms with van der Waals surface area (Å²) >= 11 is 0. The Morgan fingerprint density at radius 2 is 1.91 bits per heavy atom. The maximum atomic E-state index is 12.6. The number of aliphatic carboxylic acids is 1. The second-order valence-corrected chi connectivity index (χ2v) is 10.7. The van der Waals surface area contributed by atoms with Crippen molar-refractivity contribution < 1.29 is 27.6 Å². The van der Waals surface area contributed by atoms with Crippen LogP contribution in [0, 0.1) is 19.8 Å². The molecular weight excluding hydrogens is 470 g/mol. The highest BCUT2D eigenvalue weighted by atomic mass is 32.2. The molecule has 2 atom stereocenters. The number of rotatable bonds is 9. The van der Waals surface area contributed by atoms with E-state index in [0.717, 1.165) is 12.8 Å². The van der Waals surface area contributed by atoms with Crippen LogP contribution in [0.4, 0.5) is 0 Å². The number of carboxylic acid groups (broad SMARTS) is 1. The fourth-order valence-corrected chi connectivity index (χ4v) is 5.38. The van der Waals surface area contributed by atoms with Crippen LogP contribution in [0.2, 0.25) is 0 Å². The normalized spacial score (nSPS) is 18.3. The van der Waals surface area contributed by atoms with Crippen molar-refractivity contribution in [1.29, 1.82) is 0 Å². The van der Waals surface area contributed by atoms with Crippen LogP contribution in [0.25, 0.3) is 11.5 Å². The molecule has 0 unspecified atom stereocenters. The van der Waals surface area contributed by atoms with Crippen LogP contribution in [0.3, 0.4) is 0 Å². The van der Waals surface area contributed by atoms with Gasteiger partial charge in [0.15, 0.2) is 5.76 Å². The van der Waals surface area contributed by atoms with Crippen LogP contribution in [0.1, 0.15) is 48.2 Å². The number of carbonyl (C=O) groups is 1. The number of pyridine rings is 1. The van der Waals surface area contributed by atoms with E-state index in [1.165, 1.54) is 0 Å². The smallest absolute Gasteiger partial charge is 0.306 e. The number of nitrogens with one attached hydrogen (secondary N) is 1. The first-order valence-electron chi connectivity index (χ1n) is 11.6. The van der Waals surface area contributed by atoms with Gasteiger partial charge in [0.2, 0.25) is 10.0 Å². The molecule has 0 aliphatic heterocycles. The Morgan fingerprint density at radius 1 is 1.14 bits per heavy atom. The van der Waals surface area contributed by atoms with Crippen molar-refractivity contribution in [2.75, 3.05) is 0 Å². The second-order valence-electron chi connectivity index (χ2n) is 8.86. The summed E-state index contributed by atoms with van der Waals surface area (Å²) in [5.41, 5.74) is 3.02. The van der Waals surface area contributed by atoms with Crippen LogP contribution >= 0.6 is 0 Å². The lowest BCUT2D eigenvalue weighted by Gasteiger charge is -2.27. The molecule has 35 heavy (non-hydrogen) atoms. The third-order valence-electron chi connectivity index (χ3n) is 6.19. The van der Waals surface area contributed by atoms with Gasteiger partial charge in [-0.1, -0.05) is 35.5 Å². The summed E-state index contributed by atoms with van der Waals surface area (Å²) in [6.07, 6.45) is 2.60. The van der Waals surface area contributed by atoms with Gasteiger partial charge in [-0.15, -0.1) is 0 Å². The summed E-state index contributed by atoms with van der Waals surface area (Å²) in [6, 6.07) is 12.5. The minimum Gasteiger partial charge on any atom is -0.489 e. The molecule has 1 aromatic carbocycles. The van der Waals surface area contributed by atoms with E-state index in [1.807, 2.05) is 13.0 Å². The number of carboxylic acids is 1. The van der Waals surface area contributed by atoms with Gasteiger partial charge in [0, 0.05) is 12.1 Å². The first-order chi connectivity index (χ1) is 16.7. The molecule has 2 heterocycles. The van der Waals surface area contributed by atoms with Gasteiger partial charge < -0.3 is 14.4 Å². The highest BCUT2D eigenvalue weighted by Crippen LogP contribution is 2.31. The quantitative estimate of drug-likeness (QED) is 0.452. The van der Waals surface area contributed by atoms with Gasteiger partial charge in [-0.2, -0.15) is 0 Å². The molecule has 0 amide bonds. The maximum Gasteiger partial charge on any atom is 0.306 e. The molecular formula is C25H29N3O6S. The molecule has 2 aromatic heterocycles. The van der Waals surface area contributed by atoms with E-state index in [2.05, 4.69) is 14.9 Å². The molecule has 3 aromatic rings. The van der Waals surface area contributed by atoms with Crippen LogP contribution in [-0.4, -0.2) is 35.7 Å². The Hall–Kier alpha value is -3.24. The minimum atomic E-state index is -3.57. The lowest BCUT2D eigenvalue weighted by molar-refractivity contribution is -0.143. The molecule has 10 heteroatoms. The number of sulfonamides is 1. The summed E-state index contributed by atoms with van der Waals surface area (Å²) in [5.74, 6) is -0.307. The maximum absolute atomic E-state index is 12.6. The van der Waals surface area contributed by atoms with Crippen LogP contribution in [0.5, 0.6) is 5.75 Å². The molecule has 9 nitrogen and oxygen atoms in total. The van der Waals surface area contributed by atoms with Gasteiger partial charge in [-0.05, 0) is 57.2 Å². The molecule has 2 N–H and O–H groups in total. The molecule has 4 rings (SSSR count). The van der Waals surface area contributed by atoms with E-state index in [9.17, 15) is 18.3 Å². The van der Waals surface area contributed by atoms with E-state index >= 15 is 0 Å². The fourth-order valence-electron chi connectivity index (χ4n) is 4.28. The molecule has 1 aliphatic carbocycles. The number of benzene rings is 1. The van der Waals surface area contributed by atoms with Crippen LogP contribution < -0.4 is 9.46 Å². The lowest BCUT2D eigenvalue weighted by Crippen LogP contribution is -2.29. The van der Waals surface area contributed by atoms with E-state index in [0.29, 0.717) is 52.6 Å². The van der Waals surface area contributed by atoms with Gasteiger partial charge in [0.05, 0.1) is 29.2 Å². The van der Waals surface area contributed by atoms with Crippen molar-refractivity contribution >= 4 is 16.0 Å². The number of hydrogen-bond donors (Lipinski definition) is 2. The van der Waals surface area contributed by atoms with Gasteiger partial charge >= 0.3 is 5.97 Å². The van der Waals surface area contributed by atoms with Crippen molar-refractivity contribution in [2.24, 2.45) is 5.92 Å². The van der Waals surface area contributed by atoms with Gasteiger partial charge in [-0.25, -0.2) is 18.1 Å². The topological polar surface area (TPSA) is 132 Å². The molecule has 1 saturated carbocycles. The first kappa shape index (κ1) is 24.9. The third-order valence-corrected chi connectivity index (χ3v) is 7.49. The minimum absolute atomic E-state index is 0.0253. The van der Waals surface area contributed by atoms with Crippen molar-refractivity contribution in [3.8, 4) is 17.2 Å². The van der Waals surface area contributed by atoms with E-state index in [1.54, 1.807) is 43.3 Å². The average Bonchev–Trinajstić information content (AvgIpc) is 3.20. The second kappa shape index (κ2) is 10.6. The Labute approximate surface area is 204 Å². The standard InChI is InChI=1S/C25H29N3O6S/c1-16-21(14-26-35(31,32)15-18-7-4-3-5-8-18)24(34-28-16)22-11-12-23(17(2)27-22)33-20-10-6-9-19(13-20)25(29)30/h3-5,7-8,11-12,19-20,26H,6,9-10,13-15H2,1-2H3,(H,29,30)/t19-,20-/m0/s1. The summed E-state index contributed by atoms with van der Waals surface area (Å²) in [5, 5.41) is 13.3. The van der Waals surface area contributed by atoms with Crippen LogP contribution in [0.15, 0.2) is 47.0 Å². The summed E-state index contributed by atoms with van der Waals surface area (Å²) in [6.45, 7) is 3.58. The molecule has 0 radical (unpaired) electrons. The SMILES string of the molecule is Cc1nc(-c2onc(C)c2CNS(=O)(=O)Cc2ccccc2)ccc1O[C@H]1CCC[C@H](C(=O)O)C1. The third kappa shape index (κ3) is 6.26. The molecule has 0 bridgehead atoms. The largest absolute Gasteiger partial charge is 0.489 e. The Balaban J connectivity index is 1.46. The molecule has 1 fully saturated rings. The first-order valence-corrected chi connectivity index (χ1v) is 13.2. The van der Waals surface area contributed by atoms with Crippen molar-refractivity contribution in [3.63, 3.8) is 0 Å². The number of hydrogen-bond acceptors (Lipinski definition) is 7.